The van der Waals surface area contributed by atoms with Gasteiger partial charge in [0, 0.05) is 16.5 Å². The quantitative estimate of drug-likeness (QED) is 0.824. The number of fused-ring (bicyclic) bond motifs is 1. The van der Waals surface area contributed by atoms with E-state index in [-0.39, 0.29) is 6.54 Å². The lowest BCUT2D eigenvalue weighted by molar-refractivity contribution is -0.163. The minimum Gasteiger partial charge on any atom is -0.450 e. The summed E-state index contributed by atoms with van der Waals surface area (Å²) in [4.78, 5) is 24.0. The summed E-state index contributed by atoms with van der Waals surface area (Å²) in [5, 5.41) is 14.4. The fourth-order valence-corrected chi connectivity index (χ4v) is 3.31. The molecular formula is C17H21NO4S. The summed E-state index contributed by atoms with van der Waals surface area (Å²) in [7, 11) is 0. The summed E-state index contributed by atoms with van der Waals surface area (Å²) >= 11 is 1.49. The van der Waals surface area contributed by atoms with Crippen LogP contribution in [0.5, 0.6) is 0 Å². The van der Waals surface area contributed by atoms with E-state index in [0.717, 1.165) is 15.0 Å². The van der Waals surface area contributed by atoms with Crippen LogP contribution in [0.25, 0.3) is 10.1 Å². The van der Waals surface area contributed by atoms with Gasteiger partial charge in [-0.05, 0) is 38.3 Å². The van der Waals surface area contributed by atoms with Gasteiger partial charge in [0.1, 0.15) is 5.60 Å². The van der Waals surface area contributed by atoms with Crippen LogP contribution in [0.2, 0.25) is 0 Å². The Hall–Kier alpha value is -1.92. The van der Waals surface area contributed by atoms with E-state index in [9.17, 15) is 14.7 Å². The van der Waals surface area contributed by atoms with E-state index >= 15 is 0 Å². The zero-order chi connectivity index (χ0) is 17.3. The number of carbonyl (C=O) groups is 2. The monoisotopic (exact) mass is 335 g/mol. The van der Waals surface area contributed by atoms with Gasteiger partial charge < -0.3 is 15.2 Å². The summed E-state index contributed by atoms with van der Waals surface area (Å²) in [6.45, 7) is 5.96. The first-order valence-electron chi connectivity index (χ1n) is 7.31. The van der Waals surface area contributed by atoms with E-state index in [1.165, 1.54) is 32.1 Å². The molecule has 2 rings (SSSR count). The van der Waals surface area contributed by atoms with Crippen molar-refractivity contribution in [2.75, 3.05) is 6.54 Å². The fraction of sp³-hybridized carbons (Fsp3) is 0.412. The van der Waals surface area contributed by atoms with E-state index in [1.54, 1.807) is 6.92 Å². The molecule has 1 aromatic carbocycles. The number of nitrogens with one attached hydrogen (secondary N) is 1. The first-order valence-corrected chi connectivity index (χ1v) is 8.13. The third kappa shape index (κ3) is 4.09. The molecule has 2 aromatic rings. The molecule has 1 amide bonds. The van der Waals surface area contributed by atoms with E-state index in [1.807, 2.05) is 30.3 Å². The van der Waals surface area contributed by atoms with Crippen LogP contribution < -0.4 is 5.32 Å². The van der Waals surface area contributed by atoms with Crippen LogP contribution in [0.4, 0.5) is 0 Å². The standard InChI is InChI=1S/C17H21NO4S/c1-11(19)22-16(2,3)15(20)18-10-17(4,21)14-9-12-7-5-6-8-13(12)23-14/h5-9,21H,10H2,1-4H3,(H,18,20). The highest BCUT2D eigenvalue weighted by Crippen LogP contribution is 2.32. The molecule has 0 saturated heterocycles. The molecule has 1 heterocycles. The lowest BCUT2D eigenvalue weighted by atomic mass is 10.0. The van der Waals surface area contributed by atoms with Crippen molar-refractivity contribution in [3.8, 4) is 0 Å². The number of amides is 1. The molecule has 0 bridgehead atoms. The van der Waals surface area contributed by atoms with Crippen LogP contribution in [0, 0.1) is 0 Å². The van der Waals surface area contributed by atoms with Crippen molar-refractivity contribution in [2.24, 2.45) is 0 Å². The number of hydrogen-bond acceptors (Lipinski definition) is 5. The van der Waals surface area contributed by atoms with Crippen LogP contribution in [-0.4, -0.2) is 29.1 Å². The lowest BCUT2D eigenvalue weighted by Crippen LogP contribution is -2.49. The number of thiophene rings is 1. The number of benzene rings is 1. The number of esters is 1. The molecule has 5 nitrogen and oxygen atoms in total. The van der Waals surface area contributed by atoms with Gasteiger partial charge in [-0.2, -0.15) is 0 Å². The second kappa shape index (κ2) is 6.29. The van der Waals surface area contributed by atoms with Crippen molar-refractivity contribution < 1.29 is 19.4 Å². The Bertz CT molecular complexity index is 700. The predicted octanol–water partition coefficient (Wildman–Crippen LogP) is 2.57. The minimum atomic E-state index is -1.28. The number of ether oxygens (including phenoxy) is 1. The zero-order valence-corrected chi connectivity index (χ0v) is 14.5. The number of rotatable bonds is 5. The summed E-state index contributed by atoms with van der Waals surface area (Å²) < 4.78 is 6.07. The summed E-state index contributed by atoms with van der Waals surface area (Å²) in [5.74, 6) is -0.976. The molecule has 6 heteroatoms. The molecule has 0 aliphatic rings. The van der Waals surface area contributed by atoms with E-state index in [0.29, 0.717) is 0 Å². The predicted molar refractivity (Wildman–Crippen MR) is 90.3 cm³/mol. The normalized spacial score (nSPS) is 14.3. The van der Waals surface area contributed by atoms with E-state index in [2.05, 4.69) is 5.32 Å². The largest absolute Gasteiger partial charge is 0.450 e. The molecule has 0 saturated carbocycles. The average Bonchev–Trinajstić information content (AvgIpc) is 2.88. The van der Waals surface area contributed by atoms with Gasteiger partial charge in [0.05, 0.1) is 6.54 Å². The Morgan fingerprint density at radius 1 is 1.26 bits per heavy atom. The van der Waals surface area contributed by atoms with Crippen molar-refractivity contribution in [2.45, 2.75) is 38.9 Å². The molecular weight excluding hydrogens is 314 g/mol. The second-order valence-corrected chi connectivity index (χ2v) is 7.29. The van der Waals surface area contributed by atoms with Gasteiger partial charge in [0.25, 0.3) is 5.91 Å². The van der Waals surface area contributed by atoms with E-state index < -0.39 is 23.1 Å². The highest BCUT2D eigenvalue weighted by Gasteiger charge is 2.33. The maximum absolute atomic E-state index is 12.2. The van der Waals surface area contributed by atoms with Crippen molar-refractivity contribution in [3.63, 3.8) is 0 Å². The van der Waals surface area contributed by atoms with Crippen LogP contribution in [0.1, 0.15) is 32.6 Å². The molecule has 0 radical (unpaired) electrons. The highest BCUT2D eigenvalue weighted by atomic mass is 32.1. The van der Waals surface area contributed by atoms with Crippen LogP contribution >= 0.6 is 11.3 Å². The Kier molecular flexibility index (Phi) is 4.77. The van der Waals surface area contributed by atoms with Crippen molar-refractivity contribution in [1.82, 2.24) is 5.32 Å². The lowest BCUT2D eigenvalue weighted by Gasteiger charge is -2.27. The number of carbonyl (C=O) groups excluding carboxylic acids is 2. The Morgan fingerprint density at radius 3 is 2.52 bits per heavy atom. The first-order chi connectivity index (χ1) is 10.6. The first kappa shape index (κ1) is 17.4. The maximum atomic E-state index is 12.2. The van der Waals surface area contributed by atoms with Crippen molar-refractivity contribution in [3.05, 3.63) is 35.2 Å². The van der Waals surface area contributed by atoms with Crippen molar-refractivity contribution >= 4 is 33.3 Å². The van der Waals surface area contributed by atoms with Gasteiger partial charge in [-0.15, -0.1) is 11.3 Å². The molecule has 0 aliphatic carbocycles. The topological polar surface area (TPSA) is 75.6 Å². The zero-order valence-electron chi connectivity index (χ0n) is 13.7. The van der Waals surface area contributed by atoms with Gasteiger partial charge in [0.2, 0.25) is 0 Å². The molecule has 23 heavy (non-hydrogen) atoms. The van der Waals surface area contributed by atoms with Crippen LogP contribution in [-0.2, 0) is 19.9 Å². The molecule has 0 spiro atoms. The minimum absolute atomic E-state index is 0.0311. The number of hydrogen-bond donors (Lipinski definition) is 2. The molecule has 0 aliphatic heterocycles. The SMILES string of the molecule is CC(=O)OC(C)(C)C(=O)NCC(C)(O)c1cc2ccccc2s1. The summed E-state index contributed by atoms with van der Waals surface area (Å²) in [6.07, 6.45) is 0. The molecule has 2 N–H and O–H groups in total. The van der Waals surface area contributed by atoms with Crippen molar-refractivity contribution in [1.29, 1.82) is 0 Å². The van der Waals surface area contributed by atoms with Gasteiger partial charge in [0.15, 0.2) is 5.60 Å². The molecule has 124 valence electrons. The molecule has 1 aromatic heterocycles. The van der Waals surface area contributed by atoms with Crippen LogP contribution in [0.3, 0.4) is 0 Å². The molecule has 0 fully saturated rings. The Morgan fingerprint density at radius 2 is 1.91 bits per heavy atom. The van der Waals surface area contributed by atoms with Gasteiger partial charge >= 0.3 is 5.97 Å². The van der Waals surface area contributed by atoms with Gasteiger partial charge in [-0.3, -0.25) is 9.59 Å². The Balaban J connectivity index is 2.09. The average molecular weight is 335 g/mol. The smallest absolute Gasteiger partial charge is 0.303 e. The third-order valence-electron chi connectivity index (χ3n) is 3.50. The third-order valence-corrected chi connectivity index (χ3v) is 4.86. The van der Waals surface area contributed by atoms with Crippen LogP contribution in [0.15, 0.2) is 30.3 Å². The van der Waals surface area contributed by atoms with Gasteiger partial charge in [-0.25, -0.2) is 0 Å². The van der Waals surface area contributed by atoms with E-state index in [4.69, 9.17) is 4.74 Å². The summed E-state index contributed by atoms with van der Waals surface area (Å²) in [6, 6.07) is 9.77. The molecule has 1 unspecified atom stereocenters. The second-order valence-electron chi connectivity index (χ2n) is 6.21. The Labute approximate surface area is 139 Å². The highest BCUT2D eigenvalue weighted by molar-refractivity contribution is 7.19. The summed E-state index contributed by atoms with van der Waals surface area (Å²) in [5.41, 5.74) is -2.48. The fourth-order valence-electron chi connectivity index (χ4n) is 2.21. The number of aliphatic hydroxyl groups is 1. The van der Waals surface area contributed by atoms with Gasteiger partial charge in [-0.1, -0.05) is 18.2 Å². The maximum Gasteiger partial charge on any atom is 0.303 e. The molecule has 1 atom stereocenters.